The topological polar surface area (TPSA) is 135 Å². The summed E-state index contributed by atoms with van der Waals surface area (Å²) in [4.78, 5) is 12.9. The van der Waals surface area contributed by atoms with Crippen LogP contribution in [0.5, 0.6) is 0 Å². The molecule has 0 saturated carbocycles. The van der Waals surface area contributed by atoms with Gasteiger partial charge in [-0.2, -0.15) is 0 Å². The third-order valence-corrected chi connectivity index (χ3v) is 13.9. The number of unbranched alkanes of at least 4 members (excludes halogenated alkanes) is 39. The van der Waals surface area contributed by atoms with Crippen LogP contribution in [0.2, 0.25) is 0 Å². The van der Waals surface area contributed by atoms with Crippen molar-refractivity contribution < 1.29 is 44.2 Å². The lowest BCUT2D eigenvalue weighted by Crippen LogP contribution is -2.59. The number of carbonyl (C=O) groups excluding carboxylic acids is 1. The molecule has 6 atom stereocenters. The van der Waals surface area contributed by atoms with Gasteiger partial charge in [-0.3, -0.25) is 4.79 Å². The molecule has 1 heterocycles. The van der Waals surface area contributed by atoms with Crippen LogP contribution >= 0.6 is 0 Å². The van der Waals surface area contributed by atoms with Gasteiger partial charge in [0.1, 0.15) is 30.5 Å². The first-order chi connectivity index (χ1) is 32.9. The van der Waals surface area contributed by atoms with E-state index in [0.29, 0.717) is 13.0 Å². The van der Waals surface area contributed by atoms with Gasteiger partial charge in [0.2, 0.25) is 0 Å². The van der Waals surface area contributed by atoms with E-state index in [9.17, 15) is 25.2 Å². The van der Waals surface area contributed by atoms with Crippen LogP contribution in [0.3, 0.4) is 0 Å². The first-order valence-corrected chi connectivity index (χ1v) is 29.3. The molecule has 0 spiro atoms. The highest BCUT2D eigenvalue weighted by Crippen LogP contribution is 2.23. The van der Waals surface area contributed by atoms with Crippen LogP contribution in [0.15, 0.2) is 12.2 Å². The standard InChI is InChI=1S/C58H112O9/c1-3-5-7-9-11-13-15-17-19-21-23-25-26-27-28-29-31-33-35-37-39-41-43-45-47-54(60)66-52(51-65-58-57(63)56(62)55(61)53(49-59)67-58)50-64-48-46-44-42-40-38-36-34-32-30-24-22-20-18-16-14-12-10-8-6-4-2/h18,20,52-53,55-59,61-63H,3-17,19,21-51H2,1-2H3/b20-18-. The van der Waals surface area contributed by atoms with Gasteiger partial charge in [0.25, 0.3) is 0 Å². The van der Waals surface area contributed by atoms with Crippen LogP contribution < -0.4 is 0 Å². The van der Waals surface area contributed by atoms with Crippen LogP contribution in [0.25, 0.3) is 0 Å². The van der Waals surface area contributed by atoms with Gasteiger partial charge in [-0.1, -0.05) is 257 Å². The molecular formula is C58H112O9. The summed E-state index contributed by atoms with van der Waals surface area (Å²) in [7, 11) is 0. The smallest absolute Gasteiger partial charge is 0.306 e. The maximum Gasteiger partial charge on any atom is 0.306 e. The molecule has 0 aromatic heterocycles. The summed E-state index contributed by atoms with van der Waals surface area (Å²) < 4.78 is 23.0. The number of ether oxygens (including phenoxy) is 4. The third kappa shape index (κ3) is 40.2. The lowest BCUT2D eigenvalue weighted by atomic mass is 9.99. The number of aliphatic hydroxyl groups is 4. The fourth-order valence-corrected chi connectivity index (χ4v) is 9.37. The van der Waals surface area contributed by atoms with E-state index in [1.807, 2.05) is 0 Å². The Hall–Kier alpha value is -1.07. The number of carbonyl (C=O) groups is 1. The van der Waals surface area contributed by atoms with E-state index in [2.05, 4.69) is 26.0 Å². The molecule has 1 fully saturated rings. The molecule has 0 bridgehead atoms. The number of hydrogen-bond acceptors (Lipinski definition) is 9. The van der Waals surface area contributed by atoms with Crippen molar-refractivity contribution in [3.8, 4) is 0 Å². The molecular weight excluding hydrogens is 841 g/mol. The molecule has 0 radical (unpaired) electrons. The van der Waals surface area contributed by atoms with Gasteiger partial charge in [0.05, 0.1) is 19.8 Å². The van der Waals surface area contributed by atoms with E-state index >= 15 is 0 Å². The summed E-state index contributed by atoms with van der Waals surface area (Å²) >= 11 is 0. The monoisotopic (exact) mass is 953 g/mol. The molecule has 0 aromatic carbocycles. The van der Waals surface area contributed by atoms with Crippen LogP contribution in [0.1, 0.15) is 290 Å². The summed E-state index contributed by atoms with van der Waals surface area (Å²) in [5, 5.41) is 40.3. The minimum absolute atomic E-state index is 0.107. The molecule has 1 saturated heterocycles. The van der Waals surface area contributed by atoms with E-state index in [1.165, 1.54) is 238 Å². The summed E-state index contributed by atoms with van der Waals surface area (Å²) in [5.41, 5.74) is 0. The molecule has 0 aliphatic carbocycles. The summed E-state index contributed by atoms with van der Waals surface area (Å²) in [5.74, 6) is -0.305. The van der Waals surface area contributed by atoms with Gasteiger partial charge in [-0.15, -0.1) is 0 Å². The maximum absolute atomic E-state index is 12.9. The quantitative estimate of drug-likeness (QED) is 0.0267. The number of esters is 1. The molecule has 1 rings (SSSR count). The number of rotatable bonds is 52. The Balaban J connectivity index is 2.13. The van der Waals surface area contributed by atoms with Crippen molar-refractivity contribution in [2.75, 3.05) is 26.4 Å². The Bertz CT molecular complexity index is 1040. The van der Waals surface area contributed by atoms with E-state index in [-0.39, 0.29) is 19.2 Å². The average Bonchev–Trinajstić information content (AvgIpc) is 3.33. The van der Waals surface area contributed by atoms with E-state index in [4.69, 9.17) is 18.9 Å². The van der Waals surface area contributed by atoms with E-state index < -0.39 is 43.4 Å². The van der Waals surface area contributed by atoms with Crippen LogP contribution in [0, 0.1) is 0 Å². The second kappa shape index (κ2) is 49.9. The van der Waals surface area contributed by atoms with Crippen molar-refractivity contribution in [3.05, 3.63) is 12.2 Å². The van der Waals surface area contributed by atoms with Gasteiger partial charge in [0, 0.05) is 13.0 Å². The number of aliphatic hydroxyl groups excluding tert-OH is 4. The van der Waals surface area contributed by atoms with Gasteiger partial charge >= 0.3 is 5.97 Å². The maximum atomic E-state index is 12.9. The van der Waals surface area contributed by atoms with Gasteiger partial charge in [-0.05, 0) is 38.5 Å². The predicted octanol–water partition coefficient (Wildman–Crippen LogP) is 15.1. The van der Waals surface area contributed by atoms with E-state index in [0.717, 1.165) is 32.1 Å². The fraction of sp³-hybridized carbons (Fsp3) is 0.948. The molecule has 4 N–H and O–H groups in total. The summed E-state index contributed by atoms with van der Waals surface area (Å²) in [6, 6.07) is 0. The second-order valence-electron chi connectivity index (χ2n) is 20.5. The van der Waals surface area contributed by atoms with Crippen molar-refractivity contribution in [1.82, 2.24) is 0 Å². The highest BCUT2D eigenvalue weighted by Gasteiger charge is 2.44. The van der Waals surface area contributed by atoms with Crippen molar-refractivity contribution in [2.45, 2.75) is 327 Å². The van der Waals surface area contributed by atoms with Gasteiger partial charge in [-0.25, -0.2) is 0 Å². The molecule has 9 heteroatoms. The Kier molecular flexibility index (Phi) is 47.6. The zero-order valence-electron chi connectivity index (χ0n) is 44.2. The number of allylic oxidation sites excluding steroid dienone is 2. The Morgan fingerprint density at radius 3 is 1.21 bits per heavy atom. The fourth-order valence-electron chi connectivity index (χ4n) is 9.37. The lowest BCUT2D eigenvalue weighted by molar-refractivity contribution is -0.305. The van der Waals surface area contributed by atoms with Crippen LogP contribution in [-0.2, 0) is 23.7 Å². The molecule has 1 aliphatic heterocycles. The molecule has 9 nitrogen and oxygen atoms in total. The average molecular weight is 954 g/mol. The zero-order chi connectivity index (χ0) is 48.5. The van der Waals surface area contributed by atoms with Gasteiger partial charge < -0.3 is 39.4 Å². The first-order valence-electron chi connectivity index (χ1n) is 29.3. The molecule has 67 heavy (non-hydrogen) atoms. The highest BCUT2D eigenvalue weighted by atomic mass is 16.7. The summed E-state index contributed by atoms with van der Waals surface area (Å²) in [6.45, 7) is 4.62. The van der Waals surface area contributed by atoms with Crippen LogP contribution in [0.4, 0.5) is 0 Å². The SMILES string of the molecule is CCCCCCCC/C=C\CCCCCCCCCCCCOCC(COC1OC(CO)C(O)C(O)C1O)OC(=O)CCCCCCCCCCCCCCCCCCCCCCCCCC. The lowest BCUT2D eigenvalue weighted by Gasteiger charge is -2.39. The van der Waals surface area contributed by atoms with Crippen molar-refractivity contribution >= 4 is 5.97 Å². The first kappa shape index (κ1) is 63.9. The largest absolute Gasteiger partial charge is 0.457 e. The Labute approximate surface area is 414 Å². The molecule has 0 amide bonds. The summed E-state index contributed by atoms with van der Waals surface area (Å²) in [6.07, 6.45) is 52.6. The van der Waals surface area contributed by atoms with Gasteiger partial charge in [0.15, 0.2) is 6.29 Å². The minimum Gasteiger partial charge on any atom is -0.457 e. The third-order valence-electron chi connectivity index (χ3n) is 13.9. The molecule has 1 aliphatic rings. The zero-order valence-corrected chi connectivity index (χ0v) is 44.2. The number of hydrogen-bond donors (Lipinski definition) is 4. The molecule has 6 unspecified atom stereocenters. The Morgan fingerprint density at radius 1 is 0.463 bits per heavy atom. The normalized spacial score (nSPS) is 19.2. The van der Waals surface area contributed by atoms with E-state index in [1.54, 1.807) is 0 Å². The minimum atomic E-state index is -1.53. The Morgan fingerprint density at radius 2 is 0.821 bits per heavy atom. The second-order valence-corrected chi connectivity index (χ2v) is 20.5. The molecule has 398 valence electrons. The highest BCUT2D eigenvalue weighted by molar-refractivity contribution is 5.69. The van der Waals surface area contributed by atoms with Crippen molar-refractivity contribution in [1.29, 1.82) is 0 Å². The predicted molar refractivity (Wildman–Crippen MR) is 279 cm³/mol. The molecule has 0 aromatic rings. The van der Waals surface area contributed by atoms with Crippen LogP contribution in [-0.4, -0.2) is 89.6 Å². The van der Waals surface area contributed by atoms with Crippen molar-refractivity contribution in [3.63, 3.8) is 0 Å². The van der Waals surface area contributed by atoms with Crippen molar-refractivity contribution in [2.24, 2.45) is 0 Å².